The molecule has 0 saturated carbocycles. The molecule has 0 fully saturated rings. The Morgan fingerprint density at radius 3 is 2.42 bits per heavy atom. The number of hydrogen-bond donors (Lipinski definition) is 1. The van der Waals surface area contributed by atoms with Crippen molar-refractivity contribution >= 4 is 55.1 Å². The number of nitrogens with zero attached hydrogens (tertiary/aromatic N) is 1. The van der Waals surface area contributed by atoms with Crippen LogP contribution in [0.1, 0.15) is 18.5 Å². The molecular weight excluding hydrogens is 463 g/mol. The summed E-state index contributed by atoms with van der Waals surface area (Å²) in [6, 6.07) is 11.4. The number of benzene rings is 2. The predicted octanol–water partition coefficient (Wildman–Crippen LogP) is 4.25. The molecule has 0 saturated heterocycles. The van der Waals surface area contributed by atoms with Gasteiger partial charge in [-0.2, -0.15) is 4.31 Å². The highest BCUT2D eigenvalue weighted by Crippen LogP contribution is 2.27. The van der Waals surface area contributed by atoms with Crippen LogP contribution in [0.3, 0.4) is 0 Å². The van der Waals surface area contributed by atoms with Crippen LogP contribution in [-0.2, 0) is 14.8 Å². The summed E-state index contributed by atoms with van der Waals surface area (Å²) < 4.78 is 27.1. The minimum atomic E-state index is -3.94. The van der Waals surface area contributed by atoms with Crippen molar-refractivity contribution in [2.45, 2.75) is 17.9 Å². The van der Waals surface area contributed by atoms with Crippen molar-refractivity contribution in [3.8, 4) is 0 Å². The fourth-order valence-corrected chi connectivity index (χ4v) is 4.38. The SMILES string of the molecule is C[C@@H](NC(=O)CN(C)S(=O)(=O)c1cc(Cl)ccc1Cl)c1ccc(Br)cc1. The van der Waals surface area contributed by atoms with Gasteiger partial charge in [-0.15, -0.1) is 0 Å². The van der Waals surface area contributed by atoms with Crippen LogP contribution < -0.4 is 5.32 Å². The zero-order valence-electron chi connectivity index (χ0n) is 14.0. The molecule has 0 bridgehead atoms. The van der Waals surface area contributed by atoms with Gasteiger partial charge in [-0.1, -0.05) is 51.3 Å². The number of carbonyl (C=O) groups is 1. The highest BCUT2D eigenvalue weighted by molar-refractivity contribution is 9.10. The molecule has 5 nitrogen and oxygen atoms in total. The van der Waals surface area contributed by atoms with Crippen LogP contribution in [0.25, 0.3) is 0 Å². The molecule has 0 radical (unpaired) electrons. The second-order valence-electron chi connectivity index (χ2n) is 5.68. The number of sulfonamides is 1. The van der Waals surface area contributed by atoms with E-state index in [2.05, 4.69) is 21.2 Å². The fourth-order valence-electron chi connectivity index (χ4n) is 2.25. The van der Waals surface area contributed by atoms with E-state index in [-0.39, 0.29) is 27.5 Å². The average molecular weight is 480 g/mol. The molecule has 2 aromatic rings. The van der Waals surface area contributed by atoms with Gasteiger partial charge in [0.05, 0.1) is 17.6 Å². The molecule has 0 aliphatic carbocycles. The Labute approximate surface area is 171 Å². The molecular formula is C17H17BrCl2N2O3S. The summed E-state index contributed by atoms with van der Waals surface area (Å²) in [4.78, 5) is 12.1. The molecule has 0 aromatic heterocycles. The Hall–Kier alpha value is -1.12. The molecule has 2 rings (SSSR count). The summed E-state index contributed by atoms with van der Waals surface area (Å²) in [5, 5.41) is 3.07. The summed E-state index contributed by atoms with van der Waals surface area (Å²) in [6.45, 7) is 1.48. The predicted molar refractivity (Wildman–Crippen MR) is 107 cm³/mol. The second-order valence-corrected chi connectivity index (χ2v) is 9.45. The largest absolute Gasteiger partial charge is 0.348 e. The first-order valence-corrected chi connectivity index (χ1v) is 10.6. The number of amides is 1. The molecule has 9 heteroatoms. The van der Waals surface area contributed by atoms with E-state index in [4.69, 9.17) is 23.2 Å². The third kappa shape index (κ3) is 5.20. The molecule has 0 unspecified atom stereocenters. The average Bonchev–Trinajstić information content (AvgIpc) is 2.57. The van der Waals surface area contributed by atoms with Gasteiger partial charge in [0.2, 0.25) is 15.9 Å². The van der Waals surface area contributed by atoms with Crippen LogP contribution >= 0.6 is 39.1 Å². The van der Waals surface area contributed by atoms with Crippen molar-refractivity contribution in [2.75, 3.05) is 13.6 Å². The van der Waals surface area contributed by atoms with Crippen molar-refractivity contribution in [3.05, 3.63) is 62.5 Å². The quantitative estimate of drug-likeness (QED) is 0.673. The molecule has 0 heterocycles. The summed E-state index contributed by atoms with van der Waals surface area (Å²) >= 11 is 15.2. The van der Waals surface area contributed by atoms with Crippen LogP contribution in [0.15, 0.2) is 51.8 Å². The first kappa shape index (κ1) is 21.2. The summed E-state index contributed by atoms with van der Waals surface area (Å²) in [7, 11) is -2.63. The maximum Gasteiger partial charge on any atom is 0.244 e. The van der Waals surface area contributed by atoms with E-state index >= 15 is 0 Å². The van der Waals surface area contributed by atoms with Crippen LogP contribution in [0.2, 0.25) is 10.0 Å². The highest BCUT2D eigenvalue weighted by Gasteiger charge is 2.26. The number of carbonyl (C=O) groups excluding carboxylic acids is 1. The Morgan fingerprint density at radius 2 is 1.81 bits per heavy atom. The van der Waals surface area contributed by atoms with Gasteiger partial charge in [0.1, 0.15) is 4.90 Å². The molecule has 26 heavy (non-hydrogen) atoms. The summed E-state index contributed by atoms with van der Waals surface area (Å²) in [6.07, 6.45) is 0. The van der Waals surface area contributed by atoms with Gasteiger partial charge in [0.25, 0.3) is 0 Å². The van der Waals surface area contributed by atoms with Gasteiger partial charge in [-0.3, -0.25) is 4.79 Å². The Morgan fingerprint density at radius 1 is 1.19 bits per heavy atom. The molecule has 0 aliphatic heterocycles. The van der Waals surface area contributed by atoms with E-state index in [9.17, 15) is 13.2 Å². The minimum absolute atomic E-state index is 0.0462. The normalized spacial score (nSPS) is 12.8. The Kier molecular flexibility index (Phi) is 7.10. The van der Waals surface area contributed by atoms with E-state index in [0.29, 0.717) is 0 Å². The lowest BCUT2D eigenvalue weighted by atomic mass is 10.1. The van der Waals surface area contributed by atoms with E-state index in [1.165, 1.54) is 25.2 Å². The zero-order chi connectivity index (χ0) is 19.5. The standard InChI is InChI=1S/C17H17BrCl2N2O3S/c1-11(12-3-5-13(18)6-4-12)21-17(23)10-22(2)26(24,25)16-9-14(19)7-8-15(16)20/h3-9,11H,10H2,1-2H3,(H,21,23)/t11-/m1/s1. The minimum Gasteiger partial charge on any atom is -0.348 e. The van der Waals surface area contributed by atoms with E-state index in [1.807, 2.05) is 31.2 Å². The van der Waals surface area contributed by atoms with Crippen molar-refractivity contribution in [1.82, 2.24) is 9.62 Å². The second kappa shape index (κ2) is 8.71. The van der Waals surface area contributed by atoms with Gasteiger partial charge >= 0.3 is 0 Å². The number of likely N-dealkylation sites (N-methyl/N-ethyl adjacent to an activating group) is 1. The van der Waals surface area contributed by atoms with Crippen molar-refractivity contribution in [1.29, 1.82) is 0 Å². The zero-order valence-corrected chi connectivity index (χ0v) is 18.0. The van der Waals surface area contributed by atoms with Gasteiger partial charge in [-0.25, -0.2) is 8.42 Å². The van der Waals surface area contributed by atoms with Crippen LogP contribution in [-0.4, -0.2) is 32.2 Å². The third-order valence-corrected chi connectivity index (χ3v) is 6.74. The molecule has 2 aromatic carbocycles. The van der Waals surface area contributed by atoms with Crippen molar-refractivity contribution < 1.29 is 13.2 Å². The number of rotatable bonds is 6. The Balaban J connectivity index is 2.08. The van der Waals surface area contributed by atoms with Crippen molar-refractivity contribution in [2.24, 2.45) is 0 Å². The van der Waals surface area contributed by atoms with Gasteiger partial charge < -0.3 is 5.32 Å². The van der Waals surface area contributed by atoms with Crippen LogP contribution in [0.4, 0.5) is 0 Å². The molecule has 1 N–H and O–H groups in total. The highest BCUT2D eigenvalue weighted by atomic mass is 79.9. The Bertz CT molecular complexity index is 905. The maximum atomic E-state index is 12.6. The van der Waals surface area contributed by atoms with E-state index < -0.39 is 15.9 Å². The monoisotopic (exact) mass is 478 g/mol. The van der Waals surface area contributed by atoms with Gasteiger partial charge in [0, 0.05) is 16.5 Å². The maximum absolute atomic E-state index is 12.6. The molecule has 140 valence electrons. The topological polar surface area (TPSA) is 66.5 Å². The van der Waals surface area contributed by atoms with Gasteiger partial charge in [0.15, 0.2) is 0 Å². The number of halogens is 3. The first-order valence-electron chi connectivity index (χ1n) is 7.57. The number of hydrogen-bond acceptors (Lipinski definition) is 3. The lowest BCUT2D eigenvalue weighted by Crippen LogP contribution is -2.39. The summed E-state index contributed by atoms with van der Waals surface area (Å²) in [5.41, 5.74) is 0.907. The number of nitrogens with one attached hydrogen (secondary N) is 1. The fraction of sp³-hybridized carbons (Fsp3) is 0.235. The lowest BCUT2D eigenvalue weighted by molar-refractivity contribution is -0.121. The summed E-state index contributed by atoms with van der Waals surface area (Å²) in [5.74, 6) is -0.426. The van der Waals surface area contributed by atoms with Crippen LogP contribution in [0.5, 0.6) is 0 Å². The van der Waals surface area contributed by atoms with Crippen molar-refractivity contribution in [3.63, 3.8) is 0 Å². The molecule has 1 atom stereocenters. The third-order valence-electron chi connectivity index (χ3n) is 3.70. The smallest absolute Gasteiger partial charge is 0.244 e. The van der Waals surface area contributed by atoms with E-state index in [1.54, 1.807) is 0 Å². The van der Waals surface area contributed by atoms with E-state index in [0.717, 1.165) is 14.3 Å². The van der Waals surface area contributed by atoms with Crippen LogP contribution in [0, 0.1) is 0 Å². The molecule has 1 amide bonds. The molecule has 0 spiro atoms. The first-order chi connectivity index (χ1) is 12.1. The lowest BCUT2D eigenvalue weighted by Gasteiger charge is -2.20. The molecule has 0 aliphatic rings. The van der Waals surface area contributed by atoms with Gasteiger partial charge in [-0.05, 0) is 42.8 Å².